The highest BCUT2D eigenvalue weighted by Crippen LogP contribution is 2.16. The van der Waals surface area contributed by atoms with Crippen LogP contribution in [0.3, 0.4) is 0 Å². The van der Waals surface area contributed by atoms with E-state index in [0.29, 0.717) is 22.6 Å². The monoisotopic (exact) mass is 352 g/mol. The van der Waals surface area contributed by atoms with E-state index in [9.17, 15) is 14.0 Å². The average Bonchev–Trinajstić information content (AvgIpc) is 2.64. The third-order valence-electron chi connectivity index (χ3n) is 3.84. The Morgan fingerprint density at radius 1 is 1.12 bits per heavy atom. The Morgan fingerprint density at radius 2 is 1.88 bits per heavy atom. The predicted molar refractivity (Wildman–Crippen MR) is 97.2 cm³/mol. The number of rotatable bonds is 5. The average molecular weight is 352 g/mol. The third-order valence-corrected chi connectivity index (χ3v) is 3.84. The summed E-state index contributed by atoms with van der Waals surface area (Å²) in [5, 5.41) is 2.76. The van der Waals surface area contributed by atoms with Gasteiger partial charge in [0.2, 0.25) is 0 Å². The van der Waals surface area contributed by atoms with E-state index in [1.807, 2.05) is 0 Å². The summed E-state index contributed by atoms with van der Waals surface area (Å²) in [5.41, 5.74) is 1.31. The molecule has 1 aromatic heterocycles. The van der Waals surface area contributed by atoms with Crippen LogP contribution in [-0.2, 0) is 6.54 Å². The molecule has 0 atom stereocenters. The van der Waals surface area contributed by atoms with Crippen molar-refractivity contribution in [1.82, 2.24) is 4.57 Å². The first kappa shape index (κ1) is 17.4. The Hall–Kier alpha value is -3.41. The number of hydrogen-bond acceptors (Lipinski definition) is 3. The van der Waals surface area contributed by atoms with Crippen LogP contribution in [0.2, 0.25) is 0 Å². The molecule has 0 aliphatic heterocycles. The van der Waals surface area contributed by atoms with Gasteiger partial charge in [0.25, 0.3) is 11.5 Å². The quantitative estimate of drug-likeness (QED) is 0.766. The summed E-state index contributed by atoms with van der Waals surface area (Å²) in [5.74, 6) is -0.0289. The van der Waals surface area contributed by atoms with Gasteiger partial charge in [-0.25, -0.2) is 4.39 Å². The van der Waals surface area contributed by atoms with Gasteiger partial charge in [-0.3, -0.25) is 9.59 Å². The van der Waals surface area contributed by atoms with E-state index in [1.165, 1.54) is 35.0 Å². The van der Waals surface area contributed by atoms with Gasteiger partial charge in [-0.05, 0) is 48.0 Å². The molecule has 0 radical (unpaired) electrons. The van der Waals surface area contributed by atoms with Crippen LogP contribution in [0.1, 0.15) is 15.9 Å². The van der Waals surface area contributed by atoms with Crippen LogP contribution in [0.4, 0.5) is 10.1 Å². The topological polar surface area (TPSA) is 60.3 Å². The maximum atomic E-state index is 13.3. The first-order valence-corrected chi connectivity index (χ1v) is 7.95. The van der Waals surface area contributed by atoms with Crippen LogP contribution in [0.5, 0.6) is 5.75 Å². The first-order valence-electron chi connectivity index (χ1n) is 7.95. The molecule has 0 aliphatic rings. The van der Waals surface area contributed by atoms with Crippen LogP contribution in [0.25, 0.3) is 0 Å². The van der Waals surface area contributed by atoms with Crippen molar-refractivity contribution < 1.29 is 13.9 Å². The number of ether oxygens (including phenoxy) is 1. The van der Waals surface area contributed by atoms with E-state index in [1.54, 1.807) is 43.5 Å². The summed E-state index contributed by atoms with van der Waals surface area (Å²) in [7, 11) is 1.56. The second kappa shape index (κ2) is 7.65. The molecule has 0 saturated carbocycles. The number of carbonyl (C=O) groups is 1. The van der Waals surface area contributed by atoms with Gasteiger partial charge in [0.05, 0.1) is 19.2 Å². The fourth-order valence-electron chi connectivity index (χ4n) is 2.50. The molecule has 0 unspecified atom stereocenters. The molecule has 6 heteroatoms. The lowest BCUT2D eigenvalue weighted by atomic mass is 10.2. The van der Waals surface area contributed by atoms with E-state index in [0.717, 1.165) is 0 Å². The van der Waals surface area contributed by atoms with E-state index in [-0.39, 0.29) is 23.8 Å². The second-order valence-electron chi connectivity index (χ2n) is 5.70. The molecule has 26 heavy (non-hydrogen) atoms. The standard InChI is InChI=1S/C20H17FN2O3/c1-26-18-8-6-17(7-9-18)22-20(25)15-5-10-19(24)23(13-15)12-14-3-2-4-16(21)11-14/h2-11,13H,12H2,1H3,(H,22,25). The van der Waals surface area contributed by atoms with Crippen LogP contribution in [0, 0.1) is 5.82 Å². The molecule has 1 amide bonds. The molecule has 2 aromatic carbocycles. The first-order chi connectivity index (χ1) is 12.5. The maximum absolute atomic E-state index is 13.3. The minimum absolute atomic E-state index is 0.181. The van der Waals surface area contributed by atoms with E-state index < -0.39 is 0 Å². The molecule has 0 aliphatic carbocycles. The highest BCUT2D eigenvalue weighted by molar-refractivity contribution is 6.04. The summed E-state index contributed by atoms with van der Waals surface area (Å²) < 4.78 is 19.8. The number of benzene rings is 2. The molecule has 3 aromatic rings. The minimum atomic E-state index is -0.371. The Bertz CT molecular complexity index is 981. The lowest BCUT2D eigenvalue weighted by molar-refractivity contribution is 0.102. The predicted octanol–water partition coefficient (Wildman–Crippen LogP) is 3.30. The molecular formula is C20H17FN2O3. The van der Waals surface area contributed by atoms with Crippen LogP contribution >= 0.6 is 0 Å². The van der Waals surface area contributed by atoms with Crippen molar-refractivity contribution in [3.05, 3.63) is 94.2 Å². The van der Waals surface area contributed by atoms with Gasteiger partial charge in [-0.15, -0.1) is 0 Å². The molecule has 0 bridgehead atoms. The smallest absolute Gasteiger partial charge is 0.257 e. The largest absolute Gasteiger partial charge is 0.497 e. The minimum Gasteiger partial charge on any atom is -0.497 e. The van der Waals surface area contributed by atoms with Crippen LogP contribution < -0.4 is 15.6 Å². The molecule has 1 heterocycles. The number of amides is 1. The maximum Gasteiger partial charge on any atom is 0.257 e. The fourth-order valence-corrected chi connectivity index (χ4v) is 2.50. The Morgan fingerprint density at radius 3 is 2.58 bits per heavy atom. The number of aromatic nitrogens is 1. The summed E-state index contributed by atoms with van der Waals surface area (Å²) >= 11 is 0. The van der Waals surface area contributed by atoms with Gasteiger partial charge in [-0.1, -0.05) is 12.1 Å². The van der Waals surface area contributed by atoms with Gasteiger partial charge in [0.1, 0.15) is 11.6 Å². The molecule has 3 rings (SSSR count). The van der Waals surface area contributed by atoms with Crippen molar-refractivity contribution >= 4 is 11.6 Å². The summed E-state index contributed by atoms with van der Waals surface area (Å²) in [4.78, 5) is 24.5. The zero-order valence-electron chi connectivity index (χ0n) is 14.1. The van der Waals surface area contributed by atoms with E-state index >= 15 is 0 Å². The van der Waals surface area contributed by atoms with Gasteiger partial charge in [-0.2, -0.15) is 0 Å². The lowest BCUT2D eigenvalue weighted by Crippen LogP contribution is -2.22. The highest BCUT2D eigenvalue weighted by Gasteiger charge is 2.09. The van der Waals surface area contributed by atoms with E-state index in [4.69, 9.17) is 4.74 Å². The van der Waals surface area contributed by atoms with Gasteiger partial charge < -0.3 is 14.6 Å². The zero-order chi connectivity index (χ0) is 18.5. The van der Waals surface area contributed by atoms with Crippen molar-refractivity contribution in [3.63, 3.8) is 0 Å². The SMILES string of the molecule is COc1ccc(NC(=O)c2ccc(=O)n(Cc3cccc(F)c3)c2)cc1. The number of nitrogens with one attached hydrogen (secondary N) is 1. The molecule has 1 N–H and O–H groups in total. The van der Waals surface area contributed by atoms with Crippen molar-refractivity contribution in [3.8, 4) is 5.75 Å². The number of pyridine rings is 1. The normalized spacial score (nSPS) is 10.4. The van der Waals surface area contributed by atoms with Crippen molar-refractivity contribution in [2.75, 3.05) is 12.4 Å². The summed E-state index contributed by atoms with van der Waals surface area (Å²) in [6.45, 7) is 0.181. The number of methoxy groups -OCH3 is 1. The Kier molecular flexibility index (Phi) is 5.12. The zero-order valence-corrected chi connectivity index (χ0v) is 14.1. The number of halogens is 1. The van der Waals surface area contributed by atoms with Crippen molar-refractivity contribution in [2.45, 2.75) is 6.54 Å². The number of carbonyl (C=O) groups excluding carboxylic acids is 1. The third kappa shape index (κ3) is 4.16. The van der Waals surface area contributed by atoms with E-state index in [2.05, 4.69) is 5.32 Å². The van der Waals surface area contributed by atoms with Crippen molar-refractivity contribution in [1.29, 1.82) is 0 Å². The number of nitrogens with zero attached hydrogens (tertiary/aromatic N) is 1. The summed E-state index contributed by atoms with van der Waals surface area (Å²) in [6, 6.07) is 15.7. The van der Waals surface area contributed by atoms with Crippen LogP contribution in [-0.4, -0.2) is 17.6 Å². The molecule has 0 saturated heterocycles. The molecule has 5 nitrogen and oxygen atoms in total. The van der Waals surface area contributed by atoms with Gasteiger partial charge in [0, 0.05) is 18.0 Å². The number of anilines is 1. The molecular weight excluding hydrogens is 335 g/mol. The molecule has 0 spiro atoms. The fraction of sp³-hybridized carbons (Fsp3) is 0.100. The highest BCUT2D eigenvalue weighted by atomic mass is 19.1. The molecule has 0 fully saturated rings. The Balaban J connectivity index is 1.79. The van der Waals surface area contributed by atoms with Crippen molar-refractivity contribution in [2.24, 2.45) is 0 Å². The number of hydrogen-bond donors (Lipinski definition) is 1. The van der Waals surface area contributed by atoms with Crippen LogP contribution in [0.15, 0.2) is 71.7 Å². The second-order valence-corrected chi connectivity index (χ2v) is 5.70. The lowest BCUT2D eigenvalue weighted by Gasteiger charge is -2.10. The molecule has 132 valence electrons. The van der Waals surface area contributed by atoms with Gasteiger partial charge in [0.15, 0.2) is 0 Å². The van der Waals surface area contributed by atoms with Gasteiger partial charge >= 0.3 is 0 Å². The Labute approximate surface area is 149 Å². The summed E-state index contributed by atoms with van der Waals surface area (Å²) in [6.07, 6.45) is 1.46.